The first kappa shape index (κ1) is 20.4. The molecule has 6 nitrogen and oxygen atoms in total. The van der Waals surface area contributed by atoms with Crippen LogP contribution in [0.15, 0.2) is 65.2 Å². The zero-order valence-electron chi connectivity index (χ0n) is 16.8. The van der Waals surface area contributed by atoms with Crippen LogP contribution in [0.1, 0.15) is 36.9 Å². The number of aliphatic hydroxyl groups excluding tert-OH is 1. The molecule has 0 aliphatic carbocycles. The van der Waals surface area contributed by atoms with Crippen molar-refractivity contribution in [2.24, 2.45) is 0 Å². The third kappa shape index (κ3) is 4.17. The smallest absolute Gasteiger partial charge is 0.170 e. The predicted octanol–water partition coefficient (Wildman–Crippen LogP) is 4.10. The van der Waals surface area contributed by atoms with Crippen LogP contribution in [0, 0.1) is 0 Å². The van der Waals surface area contributed by atoms with E-state index in [-0.39, 0.29) is 18.7 Å². The number of rotatable bonds is 8. The lowest BCUT2D eigenvalue weighted by Crippen LogP contribution is -2.30. The Kier molecular flexibility index (Phi) is 6.30. The summed E-state index contributed by atoms with van der Waals surface area (Å²) in [6, 6.07) is 17.4. The first-order chi connectivity index (χ1) is 14.7. The molecule has 2 N–H and O–H groups in total. The van der Waals surface area contributed by atoms with Crippen molar-refractivity contribution in [3.63, 3.8) is 0 Å². The zero-order chi connectivity index (χ0) is 20.9. The molecule has 0 bridgehead atoms. The highest BCUT2D eigenvalue weighted by Gasteiger charge is 2.41. The monoisotopic (exact) mass is 423 g/mol. The Bertz CT molecular complexity index is 975. The molecule has 2 aromatic heterocycles. The Balaban J connectivity index is 1.65. The summed E-state index contributed by atoms with van der Waals surface area (Å²) in [5.74, 6) is 2.43. The molecule has 1 aliphatic rings. The van der Waals surface area contributed by atoms with Gasteiger partial charge in [-0.25, -0.2) is 0 Å². The van der Waals surface area contributed by atoms with Crippen molar-refractivity contribution in [2.75, 3.05) is 19.8 Å². The van der Waals surface area contributed by atoms with Crippen LogP contribution in [0.2, 0.25) is 0 Å². The van der Waals surface area contributed by atoms with Crippen LogP contribution in [0.5, 0.6) is 5.75 Å². The predicted molar refractivity (Wildman–Crippen MR) is 119 cm³/mol. The van der Waals surface area contributed by atoms with E-state index < -0.39 is 0 Å². The average molecular weight is 424 g/mol. The Morgan fingerprint density at radius 1 is 1.17 bits per heavy atom. The number of aromatic nitrogens is 1. The van der Waals surface area contributed by atoms with Crippen LogP contribution in [0.3, 0.4) is 0 Å². The average Bonchev–Trinajstić information content (AvgIpc) is 3.38. The topological polar surface area (TPSA) is 70.8 Å². The number of nitrogens with zero attached hydrogens (tertiary/aromatic N) is 2. The van der Waals surface area contributed by atoms with Crippen LogP contribution < -0.4 is 10.1 Å². The van der Waals surface area contributed by atoms with Crippen molar-refractivity contribution in [3.05, 3.63) is 72.2 Å². The van der Waals surface area contributed by atoms with Gasteiger partial charge in [-0.05, 0) is 74.1 Å². The highest BCUT2D eigenvalue weighted by atomic mass is 32.1. The van der Waals surface area contributed by atoms with E-state index >= 15 is 0 Å². The summed E-state index contributed by atoms with van der Waals surface area (Å²) in [6.07, 6.45) is 2.40. The van der Waals surface area contributed by atoms with E-state index in [2.05, 4.69) is 15.2 Å². The molecule has 7 heteroatoms. The van der Waals surface area contributed by atoms with E-state index in [4.69, 9.17) is 21.4 Å². The lowest BCUT2D eigenvalue weighted by molar-refractivity contribution is 0.233. The van der Waals surface area contributed by atoms with E-state index in [0.717, 1.165) is 28.5 Å². The summed E-state index contributed by atoms with van der Waals surface area (Å²) < 4.78 is 11.8. The summed E-state index contributed by atoms with van der Waals surface area (Å²) in [5, 5.41) is 13.4. The SMILES string of the molecule is CCOc1ccc(-c2ccc([C@H]3[C@H](c4ccccn4)NC(=S)N3CCCO)o2)cc1. The standard InChI is InChI=1S/C23H25N3O3S/c1-2-28-17-9-7-16(8-10-17)19-11-12-20(29-19)22-21(18-6-3-4-13-24-18)25-23(30)26(22)14-5-15-27/h3-4,6-13,21-22,27H,2,5,14-15H2,1H3,(H,25,30)/t21-,22-/m0/s1. The second kappa shape index (κ2) is 9.28. The summed E-state index contributed by atoms with van der Waals surface area (Å²) >= 11 is 5.60. The fourth-order valence-corrected chi connectivity index (χ4v) is 4.08. The molecule has 1 aromatic carbocycles. The minimum Gasteiger partial charge on any atom is -0.494 e. The molecule has 0 amide bonds. The fourth-order valence-electron chi connectivity index (χ4n) is 3.75. The van der Waals surface area contributed by atoms with E-state index in [1.165, 1.54) is 0 Å². The van der Waals surface area contributed by atoms with Crippen molar-refractivity contribution in [2.45, 2.75) is 25.4 Å². The molecular weight excluding hydrogens is 398 g/mol. The first-order valence-corrected chi connectivity index (χ1v) is 10.5. The fraction of sp³-hybridized carbons (Fsp3) is 0.304. The Morgan fingerprint density at radius 3 is 2.70 bits per heavy atom. The normalized spacial score (nSPS) is 18.5. The van der Waals surface area contributed by atoms with Gasteiger partial charge in [-0.15, -0.1) is 0 Å². The van der Waals surface area contributed by atoms with Gasteiger partial charge in [0.2, 0.25) is 0 Å². The van der Waals surface area contributed by atoms with E-state index in [9.17, 15) is 5.11 Å². The van der Waals surface area contributed by atoms with Gasteiger partial charge in [0.05, 0.1) is 18.3 Å². The molecule has 156 valence electrons. The van der Waals surface area contributed by atoms with E-state index in [1.807, 2.05) is 61.5 Å². The van der Waals surface area contributed by atoms with Gasteiger partial charge in [0.25, 0.3) is 0 Å². The van der Waals surface area contributed by atoms with Crippen LogP contribution in [0.4, 0.5) is 0 Å². The summed E-state index contributed by atoms with van der Waals surface area (Å²) in [7, 11) is 0. The van der Waals surface area contributed by atoms with Crippen LogP contribution >= 0.6 is 12.2 Å². The third-order valence-electron chi connectivity index (χ3n) is 5.12. The van der Waals surface area contributed by atoms with Gasteiger partial charge < -0.3 is 24.5 Å². The highest BCUT2D eigenvalue weighted by Crippen LogP contribution is 2.40. The second-order valence-electron chi connectivity index (χ2n) is 7.06. The molecule has 4 rings (SSSR count). The molecule has 0 saturated carbocycles. The number of nitrogens with one attached hydrogen (secondary N) is 1. The number of pyridine rings is 1. The van der Waals surface area contributed by atoms with Gasteiger partial charge in [0, 0.05) is 24.9 Å². The molecular formula is C23H25N3O3S. The maximum absolute atomic E-state index is 9.33. The summed E-state index contributed by atoms with van der Waals surface area (Å²) in [4.78, 5) is 6.60. The first-order valence-electron chi connectivity index (χ1n) is 10.1. The third-order valence-corrected chi connectivity index (χ3v) is 5.48. The van der Waals surface area contributed by atoms with Gasteiger partial charge in [0.15, 0.2) is 5.11 Å². The number of benzene rings is 1. The largest absolute Gasteiger partial charge is 0.494 e. The molecule has 0 unspecified atom stereocenters. The lowest BCUT2D eigenvalue weighted by Gasteiger charge is -2.25. The second-order valence-corrected chi connectivity index (χ2v) is 7.44. The minimum absolute atomic E-state index is 0.107. The maximum atomic E-state index is 9.33. The lowest BCUT2D eigenvalue weighted by atomic mass is 10.0. The number of hydrogen-bond donors (Lipinski definition) is 2. The molecule has 0 radical (unpaired) electrons. The van der Waals surface area contributed by atoms with Crippen molar-refractivity contribution in [1.82, 2.24) is 15.2 Å². The Labute approximate surface area is 181 Å². The number of aliphatic hydroxyl groups is 1. The Morgan fingerprint density at radius 2 is 2.00 bits per heavy atom. The molecule has 1 aliphatic heterocycles. The molecule has 3 heterocycles. The van der Waals surface area contributed by atoms with Gasteiger partial charge in [-0.2, -0.15) is 0 Å². The maximum Gasteiger partial charge on any atom is 0.170 e. The molecule has 0 spiro atoms. The zero-order valence-corrected chi connectivity index (χ0v) is 17.6. The quantitative estimate of drug-likeness (QED) is 0.529. The van der Waals surface area contributed by atoms with Crippen LogP contribution in [-0.4, -0.2) is 39.9 Å². The number of furan rings is 1. The number of hydrogen-bond acceptors (Lipinski definition) is 5. The van der Waals surface area contributed by atoms with Crippen molar-refractivity contribution in [1.29, 1.82) is 0 Å². The highest BCUT2D eigenvalue weighted by molar-refractivity contribution is 7.80. The number of ether oxygens (including phenoxy) is 1. The van der Waals surface area contributed by atoms with Gasteiger partial charge in [-0.3, -0.25) is 4.98 Å². The summed E-state index contributed by atoms with van der Waals surface area (Å²) in [5.41, 5.74) is 1.88. The van der Waals surface area contributed by atoms with Gasteiger partial charge in [0.1, 0.15) is 23.3 Å². The molecule has 2 atom stereocenters. The van der Waals surface area contributed by atoms with Gasteiger partial charge >= 0.3 is 0 Å². The van der Waals surface area contributed by atoms with Crippen LogP contribution in [-0.2, 0) is 0 Å². The number of thiocarbonyl (C=S) groups is 1. The Hall–Kier alpha value is -2.90. The van der Waals surface area contributed by atoms with Gasteiger partial charge in [-0.1, -0.05) is 6.07 Å². The molecule has 3 aromatic rings. The van der Waals surface area contributed by atoms with Crippen molar-refractivity contribution < 1.29 is 14.3 Å². The van der Waals surface area contributed by atoms with Crippen molar-refractivity contribution >= 4 is 17.3 Å². The summed E-state index contributed by atoms with van der Waals surface area (Å²) in [6.45, 7) is 3.34. The van der Waals surface area contributed by atoms with E-state index in [1.54, 1.807) is 6.20 Å². The van der Waals surface area contributed by atoms with Crippen LogP contribution in [0.25, 0.3) is 11.3 Å². The molecule has 1 fully saturated rings. The van der Waals surface area contributed by atoms with Crippen molar-refractivity contribution in [3.8, 4) is 17.1 Å². The molecule has 30 heavy (non-hydrogen) atoms. The van der Waals surface area contributed by atoms with E-state index in [0.29, 0.717) is 24.7 Å². The minimum atomic E-state index is -0.143. The molecule has 1 saturated heterocycles.